The molecule has 2 N–H and O–H groups in total. The fourth-order valence-electron chi connectivity index (χ4n) is 3.31. The van der Waals surface area contributed by atoms with Crippen molar-refractivity contribution < 1.29 is 4.79 Å². The van der Waals surface area contributed by atoms with Crippen LogP contribution in [0, 0.1) is 0 Å². The molecule has 0 radical (unpaired) electrons. The first-order chi connectivity index (χ1) is 11.3. The van der Waals surface area contributed by atoms with Crippen LogP contribution in [0.5, 0.6) is 0 Å². The van der Waals surface area contributed by atoms with E-state index < -0.39 is 0 Å². The number of H-pyrrole nitrogens is 1. The van der Waals surface area contributed by atoms with E-state index in [1.165, 1.54) is 36.6 Å². The first kappa shape index (κ1) is 16.1. The van der Waals surface area contributed by atoms with E-state index in [1.54, 1.807) is 6.20 Å². The number of carbonyl (C=O) groups is 1. The highest BCUT2D eigenvalue weighted by Crippen LogP contribution is 2.38. The van der Waals surface area contributed by atoms with E-state index in [9.17, 15) is 4.79 Å². The molecule has 0 spiro atoms. The van der Waals surface area contributed by atoms with Crippen molar-refractivity contribution in [3.8, 4) is 0 Å². The van der Waals surface area contributed by atoms with Crippen LogP contribution in [0.3, 0.4) is 0 Å². The van der Waals surface area contributed by atoms with E-state index in [0.29, 0.717) is 5.75 Å². The fourth-order valence-corrected chi connectivity index (χ4v) is 3.92. The molecule has 0 saturated heterocycles. The van der Waals surface area contributed by atoms with Crippen LogP contribution in [0.4, 0.5) is 0 Å². The van der Waals surface area contributed by atoms with Crippen molar-refractivity contribution in [1.29, 1.82) is 0 Å². The molecule has 1 amide bonds. The second-order valence-corrected chi connectivity index (χ2v) is 7.08. The highest BCUT2D eigenvalue weighted by molar-refractivity contribution is 7.99. The van der Waals surface area contributed by atoms with Gasteiger partial charge in [-0.25, -0.2) is 0 Å². The molecular weight excluding hydrogens is 308 g/mol. The lowest BCUT2D eigenvalue weighted by molar-refractivity contribution is -0.118. The van der Waals surface area contributed by atoms with E-state index in [-0.39, 0.29) is 11.3 Å². The molecule has 1 heterocycles. The van der Waals surface area contributed by atoms with Gasteiger partial charge in [0.05, 0.1) is 11.9 Å². The molecule has 0 atom stereocenters. The molecule has 1 fully saturated rings. The van der Waals surface area contributed by atoms with Crippen LogP contribution in [0.2, 0.25) is 0 Å². The van der Waals surface area contributed by atoms with Crippen molar-refractivity contribution in [2.45, 2.75) is 42.5 Å². The Kier molecular flexibility index (Phi) is 5.33. The van der Waals surface area contributed by atoms with Crippen molar-refractivity contribution in [3.05, 3.63) is 42.1 Å². The predicted octanol–water partition coefficient (Wildman–Crippen LogP) is 2.92. The first-order valence-corrected chi connectivity index (χ1v) is 9.08. The number of thioether (sulfide) groups is 1. The van der Waals surface area contributed by atoms with Crippen LogP contribution < -0.4 is 5.32 Å². The second-order valence-electron chi connectivity index (χ2n) is 6.08. The number of aromatic amines is 1. The molecule has 6 heteroatoms. The molecule has 1 aliphatic carbocycles. The fraction of sp³-hybridized carbons (Fsp3) is 0.471. The lowest BCUT2D eigenvalue weighted by Gasteiger charge is -2.38. The highest BCUT2D eigenvalue weighted by atomic mass is 32.2. The SMILES string of the molecule is O=C(CSc1cn[nH]n1)NCC1(c2ccccc2)CCCCC1. The number of aromatic nitrogens is 3. The second kappa shape index (κ2) is 7.64. The normalized spacial score (nSPS) is 16.9. The van der Waals surface area contributed by atoms with E-state index in [4.69, 9.17) is 0 Å². The Bertz CT molecular complexity index is 609. The Balaban J connectivity index is 1.59. The molecule has 122 valence electrons. The maximum absolute atomic E-state index is 12.2. The van der Waals surface area contributed by atoms with E-state index >= 15 is 0 Å². The molecule has 0 aliphatic heterocycles. The molecule has 1 aromatic heterocycles. The Morgan fingerprint density at radius 1 is 1.22 bits per heavy atom. The van der Waals surface area contributed by atoms with Crippen LogP contribution in [0.1, 0.15) is 37.7 Å². The van der Waals surface area contributed by atoms with Crippen LogP contribution in [0.15, 0.2) is 41.6 Å². The van der Waals surface area contributed by atoms with Gasteiger partial charge in [0.25, 0.3) is 0 Å². The minimum Gasteiger partial charge on any atom is -0.354 e. The molecule has 0 bridgehead atoms. The van der Waals surface area contributed by atoms with Gasteiger partial charge in [-0.15, -0.1) is 5.10 Å². The number of hydrogen-bond acceptors (Lipinski definition) is 4. The number of rotatable bonds is 6. The molecular formula is C17H22N4OS. The molecule has 23 heavy (non-hydrogen) atoms. The molecule has 1 saturated carbocycles. The number of hydrogen-bond donors (Lipinski definition) is 2. The first-order valence-electron chi connectivity index (χ1n) is 8.09. The topological polar surface area (TPSA) is 70.7 Å². The van der Waals surface area contributed by atoms with Crippen molar-refractivity contribution >= 4 is 17.7 Å². The highest BCUT2D eigenvalue weighted by Gasteiger charge is 2.33. The Morgan fingerprint density at radius 3 is 2.70 bits per heavy atom. The van der Waals surface area contributed by atoms with Crippen LogP contribution in [-0.2, 0) is 10.2 Å². The van der Waals surface area contributed by atoms with Crippen molar-refractivity contribution in [2.75, 3.05) is 12.3 Å². The Hall–Kier alpha value is -1.82. The molecule has 2 aromatic rings. The summed E-state index contributed by atoms with van der Waals surface area (Å²) in [4.78, 5) is 12.2. The minimum absolute atomic E-state index is 0.0545. The summed E-state index contributed by atoms with van der Waals surface area (Å²) in [6.45, 7) is 0.717. The number of amides is 1. The van der Waals surface area contributed by atoms with Crippen LogP contribution in [-0.4, -0.2) is 33.6 Å². The van der Waals surface area contributed by atoms with Gasteiger partial charge in [-0.3, -0.25) is 4.79 Å². The van der Waals surface area contributed by atoms with Gasteiger partial charge in [0.2, 0.25) is 5.91 Å². The quantitative estimate of drug-likeness (QED) is 0.799. The third-order valence-electron chi connectivity index (χ3n) is 4.56. The number of nitrogens with zero attached hydrogens (tertiary/aromatic N) is 2. The average molecular weight is 330 g/mol. The smallest absolute Gasteiger partial charge is 0.230 e. The van der Waals surface area contributed by atoms with E-state index in [0.717, 1.165) is 24.4 Å². The molecule has 5 nitrogen and oxygen atoms in total. The molecule has 3 rings (SSSR count). The van der Waals surface area contributed by atoms with E-state index in [2.05, 4.69) is 45.0 Å². The summed E-state index contributed by atoms with van der Waals surface area (Å²) < 4.78 is 0. The van der Waals surface area contributed by atoms with Gasteiger partial charge in [0.1, 0.15) is 5.03 Å². The zero-order chi connectivity index (χ0) is 16.0. The lowest BCUT2D eigenvalue weighted by Crippen LogP contribution is -2.42. The summed E-state index contributed by atoms with van der Waals surface area (Å²) in [6.07, 6.45) is 7.69. The number of nitrogens with one attached hydrogen (secondary N) is 2. The van der Waals surface area contributed by atoms with Crippen molar-refractivity contribution in [2.24, 2.45) is 0 Å². The summed E-state index contributed by atoms with van der Waals surface area (Å²) in [6, 6.07) is 10.6. The minimum atomic E-state index is 0.0545. The van der Waals surface area contributed by atoms with Gasteiger partial charge in [-0.2, -0.15) is 10.3 Å². The van der Waals surface area contributed by atoms with Crippen LogP contribution >= 0.6 is 11.8 Å². The van der Waals surface area contributed by atoms with Gasteiger partial charge in [0, 0.05) is 12.0 Å². The lowest BCUT2D eigenvalue weighted by atomic mass is 9.69. The summed E-state index contributed by atoms with van der Waals surface area (Å²) in [7, 11) is 0. The predicted molar refractivity (Wildman–Crippen MR) is 91.3 cm³/mol. The maximum Gasteiger partial charge on any atom is 0.230 e. The average Bonchev–Trinajstić information content (AvgIpc) is 3.13. The summed E-state index contributed by atoms with van der Waals surface area (Å²) in [5.41, 5.74) is 1.44. The number of benzene rings is 1. The van der Waals surface area contributed by atoms with Gasteiger partial charge >= 0.3 is 0 Å². The zero-order valence-electron chi connectivity index (χ0n) is 13.1. The number of carbonyl (C=O) groups excluding carboxylic acids is 1. The van der Waals surface area contributed by atoms with Crippen molar-refractivity contribution in [3.63, 3.8) is 0 Å². The Labute approximate surface area is 140 Å². The summed E-state index contributed by atoms with van der Waals surface area (Å²) in [5.74, 6) is 0.427. The summed E-state index contributed by atoms with van der Waals surface area (Å²) >= 11 is 1.40. The van der Waals surface area contributed by atoms with Gasteiger partial charge < -0.3 is 5.32 Å². The maximum atomic E-state index is 12.2. The van der Waals surface area contributed by atoms with Gasteiger partial charge in [-0.1, -0.05) is 61.4 Å². The standard InChI is InChI=1S/C17H22N4OS/c22-15(12-23-16-11-19-21-20-16)18-13-17(9-5-2-6-10-17)14-7-3-1-4-8-14/h1,3-4,7-8,11H,2,5-6,9-10,12-13H2,(H,18,22)(H,19,20,21). The third kappa shape index (κ3) is 4.13. The summed E-state index contributed by atoms with van der Waals surface area (Å²) in [5, 5.41) is 14.1. The zero-order valence-corrected chi connectivity index (χ0v) is 13.9. The van der Waals surface area contributed by atoms with Gasteiger partial charge in [-0.05, 0) is 18.4 Å². The monoisotopic (exact) mass is 330 g/mol. The third-order valence-corrected chi connectivity index (χ3v) is 5.46. The Morgan fingerprint density at radius 2 is 2.00 bits per heavy atom. The molecule has 0 unspecified atom stereocenters. The molecule has 1 aromatic carbocycles. The largest absolute Gasteiger partial charge is 0.354 e. The van der Waals surface area contributed by atoms with Crippen molar-refractivity contribution in [1.82, 2.24) is 20.7 Å². The van der Waals surface area contributed by atoms with E-state index in [1.807, 2.05) is 6.07 Å². The van der Waals surface area contributed by atoms with Gasteiger partial charge in [0.15, 0.2) is 0 Å². The molecule has 1 aliphatic rings. The van der Waals surface area contributed by atoms with Crippen LogP contribution in [0.25, 0.3) is 0 Å².